The van der Waals surface area contributed by atoms with Crippen LogP contribution in [0.25, 0.3) is 4.98 Å². The summed E-state index contributed by atoms with van der Waals surface area (Å²) >= 11 is 0. The second-order valence-corrected chi connectivity index (χ2v) is 4.82. The summed E-state index contributed by atoms with van der Waals surface area (Å²) in [6, 6.07) is 7.68. The summed E-state index contributed by atoms with van der Waals surface area (Å²) in [5, 5.41) is 18.2. The molecule has 1 atom stereocenters. The molecular weight excluding hydrogens is 296 g/mol. The van der Waals surface area contributed by atoms with Gasteiger partial charge in [0.25, 0.3) is 0 Å². The van der Waals surface area contributed by atoms with Gasteiger partial charge in [-0.05, 0) is 30.5 Å². The van der Waals surface area contributed by atoms with Crippen molar-refractivity contribution in [1.82, 2.24) is 0 Å². The van der Waals surface area contributed by atoms with E-state index in [1.165, 1.54) is 0 Å². The van der Waals surface area contributed by atoms with Gasteiger partial charge in [-0.15, -0.1) is 6.58 Å². The predicted molar refractivity (Wildman–Crippen MR) is 87.6 cm³/mol. The second kappa shape index (κ2) is 11.2. The molecule has 1 N–H and O–H groups in total. The lowest BCUT2D eigenvalue weighted by molar-refractivity contribution is 0.0485. The second-order valence-electron chi connectivity index (χ2n) is 4.82. The molecule has 6 heteroatoms. The molecule has 0 fully saturated rings. The zero-order valence-electron chi connectivity index (χ0n) is 13.4. The van der Waals surface area contributed by atoms with Gasteiger partial charge in [-0.1, -0.05) is 18.2 Å². The molecule has 0 bridgehead atoms. The van der Waals surface area contributed by atoms with Crippen LogP contribution in [0.3, 0.4) is 0 Å². The summed E-state index contributed by atoms with van der Waals surface area (Å²) in [6.07, 6.45) is 3.27. The van der Waals surface area contributed by atoms with Crippen molar-refractivity contribution >= 4 is 0 Å². The lowest BCUT2D eigenvalue weighted by Crippen LogP contribution is -2.17. The summed E-state index contributed by atoms with van der Waals surface area (Å²) < 4.78 is 16.1. The Labute approximate surface area is 136 Å². The van der Waals surface area contributed by atoms with E-state index in [1.807, 2.05) is 24.3 Å². The van der Waals surface area contributed by atoms with Crippen LogP contribution < -0.4 is 4.74 Å². The summed E-state index contributed by atoms with van der Waals surface area (Å²) in [4.78, 5) is 2.80. The zero-order chi connectivity index (χ0) is 16.9. The maximum Gasteiger partial charge on any atom is 0.390 e. The van der Waals surface area contributed by atoms with Crippen molar-refractivity contribution in [3.8, 4) is 5.75 Å². The lowest BCUT2D eigenvalue weighted by Gasteiger charge is -2.14. The third kappa shape index (κ3) is 7.45. The van der Waals surface area contributed by atoms with E-state index in [2.05, 4.69) is 11.6 Å². The Kier molecular flexibility index (Phi) is 9.13. The Balaban J connectivity index is 2.31. The van der Waals surface area contributed by atoms with E-state index in [1.54, 1.807) is 13.2 Å². The average Bonchev–Trinajstić information content (AvgIpc) is 2.58. The molecule has 0 saturated carbocycles. The van der Waals surface area contributed by atoms with Gasteiger partial charge in [0.2, 0.25) is 11.2 Å². The lowest BCUT2D eigenvalue weighted by atomic mass is 10.1. The van der Waals surface area contributed by atoms with Crippen LogP contribution in [0.5, 0.6) is 5.75 Å². The van der Waals surface area contributed by atoms with Gasteiger partial charge in [-0.2, -0.15) is 0 Å². The predicted octanol–water partition coefficient (Wildman–Crippen LogP) is 3.82. The molecule has 0 aliphatic heterocycles. The maximum absolute atomic E-state index is 9.71. The molecule has 1 aromatic rings. The number of aliphatic hydroxyl groups is 1. The van der Waals surface area contributed by atoms with Crippen LogP contribution in [0.2, 0.25) is 0 Å². The van der Waals surface area contributed by atoms with Crippen LogP contribution in [0.15, 0.2) is 48.9 Å². The number of benzene rings is 1. The molecule has 6 nitrogen and oxygen atoms in total. The largest absolute Gasteiger partial charge is 0.504 e. The Morgan fingerprint density at radius 3 is 2.74 bits per heavy atom. The van der Waals surface area contributed by atoms with E-state index in [-0.39, 0.29) is 5.76 Å². The molecule has 124 valence electrons. The molecule has 23 heavy (non-hydrogen) atoms. The van der Waals surface area contributed by atoms with Crippen molar-refractivity contribution < 1.29 is 19.3 Å². The summed E-state index contributed by atoms with van der Waals surface area (Å²) in [7, 11) is 1.63. The highest BCUT2D eigenvalue weighted by atomic mass is 16.5. The van der Waals surface area contributed by atoms with Crippen molar-refractivity contribution in [3.05, 3.63) is 59.4 Å². The molecule has 0 spiro atoms. The number of hydrogen-bond acceptors (Lipinski definition) is 5. The molecule has 0 unspecified atom stereocenters. The van der Waals surface area contributed by atoms with Crippen LogP contribution in [-0.2, 0) is 16.1 Å². The number of diazo groups is 1. The minimum atomic E-state index is -0.534. The molecule has 1 aromatic carbocycles. The first kappa shape index (κ1) is 18.7. The van der Waals surface area contributed by atoms with Crippen LogP contribution in [0, 0.1) is 5.39 Å². The molecule has 0 aromatic heterocycles. The summed E-state index contributed by atoms with van der Waals surface area (Å²) in [6.45, 7) is 4.91. The summed E-state index contributed by atoms with van der Waals surface area (Å²) in [5.41, 5.74) is 1.06. The van der Waals surface area contributed by atoms with Crippen LogP contribution in [0.1, 0.15) is 18.4 Å². The SMILES string of the molecule is C=CCO[C@@H](CCCOCc1ccc(OC)cc1)/C(O)=C/[N+]#N. The van der Waals surface area contributed by atoms with Gasteiger partial charge in [-0.25, -0.2) is 0 Å². The van der Waals surface area contributed by atoms with Gasteiger partial charge < -0.3 is 19.3 Å². The molecule has 1 rings (SSSR count). The quantitative estimate of drug-likeness (QED) is 0.290. The fourth-order valence-corrected chi connectivity index (χ4v) is 1.93. The Morgan fingerprint density at radius 1 is 1.39 bits per heavy atom. The number of ether oxygens (including phenoxy) is 3. The molecule has 0 heterocycles. The standard InChI is InChI=1S/C17H22N2O4/c1-3-10-23-17(16(20)12-19-18)5-4-11-22-13-14-6-8-15(21-2)9-7-14/h3,6-9,12,17H,1,4-5,10-11,13H2,2H3/p+1/b16-12-/t17-/m0/s1. The van der Waals surface area contributed by atoms with Crippen molar-refractivity contribution in [3.63, 3.8) is 0 Å². The van der Waals surface area contributed by atoms with E-state index in [9.17, 15) is 5.11 Å². The first-order chi connectivity index (χ1) is 11.2. The van der Waals surface area contributed by atoms with Crippen LogP contribution in [0.4, 0.5) is 0 Å². The first-order valence-corrected chi connectivity index (χ1v) is 7.37. The Hall–Kier alpha value is -2.36. The van der Waals surface area contributed by atoms with Gasteiger partial charge in [0, 0.05) is 6.61 Å². The minimum Gasteiger partial charge on any atom is -0.504 e. The van der Waals surface area contributed by atoms with Crippen LogP contribution in [-0.4, -0.2) is 31.5 Å². The van der Waals surface area contributed by atoms with E-state index in [0.717, 1.165) is 17.5 Å². The van der Waals surface area contributed by atoms with Crippen molar-refractivity contribution in [2.45, 2.75) is 25.6 Å². The van der Waals surface area contributed by atoms with Gasteiger partial charge in [0.1, 0.15) is 11.9 Å². The number of aliphatic hydroxyl groups excluding tert-OH is 1. The van der Waals surface area contributed by atoms with Gasteiger partial charge in [-0.3, -0.25) is 0 Å². The highest BCUT2D eigenvalue weighted by Gasteiger charge is 2.17. The summed E-state index contributed by atoms with van der Waals surface area (Å²) in [5.74, 6) is 0.692. The zero-order valence-corrected chi connectivity index (χ0v) is 13.4. The first-order valence-electron chi connectivity index (χ1n) is 7.37. The van der Waals surface area contributed by atoms with Gasteiger partial charge in [0.05, 0.1) is 20.3 Å². The topological polar surface area (TPSA) is 76.1 Å². The third-order valence-electron chi connectivity index (χ3n) is 3.12. The average molecular weight is 319 g/mol. The number of methoxy groups -OCH3 is 1. The molecule has 0 aliphatic carbocycles. The van der Waals surface area contributed by atoms with E-state index >= 15 is 0 Å². The van der Waals surface area contributed by atoms with Crippen LogP contribution >= 0.6 is 0 Å². The Morgan fingerprint density at radius 2 is 2.13 bits per heavy atom. The molecule has 0 aliphatic rings. The third-order valence-corrected chi connectivity index (χ3v) is 3.12. The molecule has 0 amide bonds. The highest BCUT2D eigenvalue weighted by Crippen LogP contribution is 2.14. The highest BCUT2D eigenvalue weighted by molar-refractivity contribution is 5.26. The van der Waals surface area contributed by atoms with Crippen molar-refractivity contribution in [1.29, 1.82) is 5.39 Å². The number of nitrogens with zero attached hydrogens (tertiary/aromatic N) is 2. The molecule has 0 radical (unpaired) electrons. The normalized spacial score (nSPS) is 12.4. The maximum atomic E-state index is 9.71. The van der Waals surface area contributed by atoms with Gasteiger partial charge >= 0.3 is 6.20 Å². The van der Waals surface area contributed by atoms with E-state index in [0.29, 0.717) is 32.7 Å². The van der Waals surface area contributed by atoms with Crippen molar-refractivity contribution in [2.24, 2.45) is 0 Å². The smallest absolute Gasteiger partial charge is 0.390 e. The molecular formula is C17H23N2O4+. The van der Waals surface area contributed by atoms with E-state index < -0.39 is 6.10 Å². The van der Waals surface area contributed by atoms with E-state index in [4.69, 9.17) is 19.6 Å². The fraction of sp³-hybridized carbons (Fsp3) is 0.412. The minimum absolute atomic E-state index is 0.121. The number of rotatable bonds is 11. The van der Waals surface area contributed by atoms with Gasteiger partial charge in [0.15, 0.2) is 4.98 Å². The monoisotopic (exact) mass is 319 g/mol. The van der Waals surface area contributed by atoms with Crippen molar-refractivity contribution in [2.75, 3.05) is 20.3 Å². The fourth-order valence-electron chi connectivity index (χ4n) is 1.93. The Bertz CT molecular complexity index is 535. The number of hydrogen-bond donors (Lipinski definition) is 1. The molecule has 0 saturated heterocycles.